The molecule has 2 saturated heterocycles. The molecule has 2 aromatic rings. The Morgan fingerprint density at radius 3 is 2.16 bits per heavy atom. The van der Waals surface area contributed by atoms with Gasteiger partial charge in [-0.3, -0.25) is 14.9 Å². The lowest BCUT2D eigenvalue weighted by Crippen LogP contribution is -2.49. The lowest BCUT2D eigenvalue weighted by atomic mass is 10.1. The van der Waals surface area contributed by atoms with Crippen LogP contribution in [0.25, 0.3) is 0 Å². The average Bonchev–Trinajstić information content (AvgIpc) is 2.79. The van der Waals surface area contributed by atoms with Crippen LogP contribution in [-0.2, 0) is 0 Å². The molecule has 2 heterocycles. The second-order valence-electron chi connectivity index (χ2n) is 8.13. The average molecular weight is 445 g/mol. The Labute approximate surface area is 184 Å². The van der Waals surface area contributed by atoms with Gasteiger partial charge in [0.1, 0.15) is 11.5 Å². The van der Waals surface area contributed by atoms with E-state index >= 15 is 0 Å². The number of hydrogen-bond acceptors (Lipinski definition) is 6. The molecule has 0 saturated carbocycles. The predicted octanol–water partition coefficient (Wildman–Crippen LogP) is 2.59. The number of nitro benzene ring substituents is 1. The number of benzene rings is 2. The number of hydrogen-bond donors (Lipinski definition) is 0. The van der Waals surface area contributed by atoms with Gasteiger partial charge < -0.3 is 19.6 Å². The number of nitrogens with zero attached hydrogens (tertiary/aromatic N) is 5. The minimum Gasteiger partial charge on any atom is -0.367 e. The van der Waals surface area contributed by atoms with E-state index < -0.39 is 16.6 Å². The third-order valence-corrected chi connectivity index (χ3v) is 6.06. The number of anilines is 2. The third-order valence-electron chi connectivity index (χ3n) is 6.06. The largest absolute Gasteiger partial charge is 0.367 e. The Hall–Kier alpha value is -3.27. The molecule has 8 nitrogen and oxygen atoms in total. The zero-order valence-electron chi connectivity index (χ0n) is 17.8. The number of nitro groups is 1. The summed E-state index contributed by atoms with van der Waals surface area (Å²) in [5.74, 6) is -1.37. The molecule has 1 amide bonds. The normalized spacial score (nSPS) is 17.5. The lowest BCUT2D eigenvalue weighted by Gasteiger charge is -2.37. The number of amides is 1. The first kappa shape index (κ1) is 21.9. The fraction of sp³-hybridized carbons (Fsp3) is 0.409. The summed E-state index contributed by atoms with van der Waals surface area (Å²) in [4.78, 5) is 31.2. The molecule has 0 atom stereocenters. The highest BCUT2D eigenvalue weighted by molar-refractivity contribution is 5.94. The SMILES string of the molecule is CN1CCN(c2cc(N3CCN(C(=O)c4cccc(F)c4)CC3)c([N+](=O)[O-])cc2F)CC1. The second-order valence-corrected chi connectivity index (χ2v) is 8.13. The van der Waals surface area contributed by atoms with Gasteiger partial charge in [-0.15, -0.1) is 0 Å². The molecule has 4 rings (SSSR count). The first-order valence-corrected chi connectivity index (χ1v) is 10.5. The van der Waals surface area contributed by atoms with Crippen LogP contribution in [-0.4, -0.2) is 80.0 Å². The monoisotopic (exact) mass is 445 g/mol. The highest BCUT2D eigenvalue weighted by atomic mass is 19.1. The number of carbonyl (C=O) groups is 1. The maximum absolute atomic E-state index is 14.8. The quantitative estimate of drug-likeness (QED) is 0.532. The van der Waals surface area contributed by atoms with Gasteiger partial charge in [-0.25, -0.2) is 8.78 Å². The van der Waals surface area contributed by atoms with Gasteiger partial charge >= 0.3 is 0 Å². The van der Waals surface area contributed by atoms with Crippen LogP contribution in [0, 0.1) is 21.7 Å². The molecule has 2 aliphatic rings. The molecule has 170 valence electrons. The standard InChI is InChI=1S/C22H25F2N5O3/c1-25-5-7-26(8-6-25)19-15-20(21(29(31)32)14-18(19)24)27-9-11-28(12-10-27)22(30)16-3-2-4-17(23)13-16/h2-4,13-15H,5-12H2,1H3. The number of halogens is 2. The first-order valence-electron chi connectivity index (χ1n) is 10.5. The fourth-order valence-corrected chi connectivity index (χ4v) is 4.18. The van der Waals surface area contributed by atoms with Crippen molar-refractivity contribution in [1.82, 2.24) is 9.80 Å². The summed E-state index contributed by atoms with van der Waals surface area (Å²) in [7, 11) is 2.00. The van der Waals surface area contributed by atoms with Gasteiger partial charge in [0.2, 0.25) is 0 Å². The number of piperazine rings is 2. The molecule has 0 N–H and O–H groups in total. The highest BCUT2D eigenvalue weighted by Gasteiger charge is 2.29. The molecular weight excluding hydrogens is 420 g/mol. The van der Waals surface area contributed by atoms with Gasteiger partial charge in [-0.05, 0) is 31.3 Å². The maximum atomic E-state index is 14.8. The van der Waals surface area contributed by atoms with Crippen LogP contribution in [0.15, 0.2) is 36.4 Å². The van der Waals surface area contributed by atoms with E-state index in [0.717, 1.165) is 19.2 Å². The Bertz CT molecular complexity index is 1020. The van der Waals surface area contributed by atoms with Crippen LogP contribution in [0.4, 0.5) is 25.8 Å². The van der Waals surface area contributed by atoms with Crippen molar-refractivity contribution in [3.8, 4) is 0 Å². The van der Waals surface area contributed by atoms with Gasteiger partial charge in [0.25, 0.3) is 11.6 Å². The van der Waals surface area contributed by atoms with Crippen LogP contribution in [0.2, 0.25) is 0 Å². The van der Waals surface area contributed by atoms with Crippen molar-refractivity contribution in [3.63, 3.8) is 0 Å². The molecule has 2 aliphatic heterocycles. The molecule has 2 aromatic carbocycles. The van der Waals surface area contributed by atoms with Gasteiger partial charge in [-0.1, -0.05) is 6.07 Å². The van der Waals surface area contributed by atoms with Gasteiger partial charge in [-0.2, -0.15) is 0 Å². The van der Waals surface area contributed by atoms with E-state index in [2.05, 4.69) is 4.90 Å². The minimum absolute atomic E-state index is 0.267. The van der Waals surface area contributed by atoms with Crippen molar-refractivity contribution >= 4 is 23.0 Å². The van der Waals surface area contributed by atoms with Crippen LogP contribution in [0.3, 0.4) is 0 Å². The maximum Gasteiger partial charge on any atom is 0.295 e. The number of likely N-dealkylation sites (N-methyl/N-ethyl adjacent to an activating group) is 1. The van der Waals surface area contributed by atoms with Gasteiger partial charge in [0.05, 0.1) is 16.7 Å². The second kappa shape index (κ2) is 9.07. The Morgan fingerprint density at radius 2 is 1.53 bits per heavy atom. The summed E-state index contributed by atoms with van der Waals surface area (Å²) in [5.41, 5.74) is 0.689. The lowest BCUT2D eigenvalue weighted by molar-refractivity contribution is -0.384. The summed E-state index contributed by atoms with van der Waals surface area (Å²) in [6.45, 7) is 4.22. The number of carbonyl (C=O) groups excluding carboxylic acids is 1. The smallest absolute Gasteiger partial charge is 0.295 e. The van der Waals surface area contributed by atoms with Crippen LogP contribution < -0.4 is 9.80 Å². The molecule has 0 bridgehead atoms. The number of rotatable bonds is 4. The summed E-state index contributed by atoms with van der Waals surface area (Å²) >= 11 is 0. The van der Waals surface area contributed by atoms with E-state index in [1.165, 1.54) is 18.2 Å². The summed E-state index contributed by atoms with van der Waals surface area (Å²) in [6, 6.07) is 8.07. The summed E-state index contributed by atoms with van der Waals surface area (Å²) in [5, 5.41) is 11.6. The van der Waals surface area contributed by atoms with Gasteiger partial charge in [0, 0.05) is 57.9 Å². The topological polar surface area (TPSA) is 73.2 Å². The molecule has 10 heteroatoms. The van der Waals surface area contributed by atoms with E-state index in [-0.39, 0.29) is 17.2 Å². The molecule has 0 aliphatic carbocycles. The molecule has 2 fully saturated rings. The first-order chi connectivity index (χ1) is 15.3. The molecule has 0 unspecified atom stereocenters. The zero-order chi connectivity index (χ0) is 22.8. The van der Waals surface area contributed by atoms with Crippen molar-refractivity contribution in [2.24, 2.45) is 0 Å². The molecular formula is C22H25F2N5O3. The molecule has 0 radical (unpaired) electrons. The molecule has 0 aromatic heterocycles. The summed E-state index contributed by atoms with van der Waals surface area (Å²) < 4.78 is 28.2. The highest BCUT2D eigenvalue weighted by Crippen LogP contribution is 2.36. The van der Waals surface area contributed by atoms with Crippen LogP contribution >= 0.6 is 0 Å². The van der Waals surface area contributed by atoms with Crippen molar-refractivity contribution < 1.29 is 18.5 Å². The van der Waals surface area contributed by atoms with Crippen molar-refractivity contribution in [3.05, 3.63) is 63.7 Å². The Balaban J connectivity index is 1.53. The van der Waals surface area contributed by atoms with Crippen LogP contribution in [0.5, 0.6) is 0 Å². The van der Waals surface area contributed by atoms with E-state index in [1.54, 1.807) is 17.0 Å². The van der Waals surface area contributed by atoms with Crippen molar-refractivity contribution in [2.75, 3.05) is 69.2 Å². The van der Waals surface area contributed by atoms with Crippen molar-refractivity contribution in [1.29, 1.82) is 0 Å². The van der Waals surface area contributed by atoms with Gasteiger partial charge in [0.15, 0.2) is 5.82 Å². The Kier molecular flexibility index (Phi) is 6.22. The zero-order valence-corrected chi connectivity index (χ0v) is 17.8. The Morgan fingerprint density at radius 1 is 0.906 bits per heavy atom. The summed E-state index contributed by atoms with van der Waals surface area (Å²) in [6.07, 6.45) is 0. The molecule has 0 spiro atoms. The molecule has 32 heavy (non-hydrogen) atoms. The minimum atomic E-state index is -0.607. The van der Waals surface area contributed by atoms with E-state index in [1.807, 2.05) is 16.8 Å². The predicted molar refractivity (Wildman–Crippen MR) is 117 cm³/mol. The third kappa shape index (κ3) is 4.50. The van der Waals surface area contributed by atoms with Crippen molar-refractivity contribution in [2.45, 2.75) is 0 Å². The van der Waals surface area contributed by atoms with E-state index in [9.17, 15) is 23.7 Å². The van der Waals surface area contributed by atoms with Crippen LogP contribution in [0.1, 0.15) is 10.4 Å². The fourth-order valence-electron chi connectivity index (χ4n) is 4.18. The van der Waals surface area contributed by atoms with E-state index in [0.29, 0.717) is 50.6 Å². The van der Waals surface area contributed by atoms with E-state index in [4.69, 9.17) is 0 Å².